The van der Waals surface area contributed by atoms with E-state index in [-0.39, 0.29) is 10.8 Å². The smallest absolute Gasteiger partial charge is 0.408 e. The van der Waals surface area contributed by atoms with Gasteiger partial charge in [-0.25, -0.2) is 13.6 Å². The number of hydrogen-bond donors (Lipinski definition) is 2. The van der Waals surface area contributed by atoms with Crippen molar-refractivity contribution >= 4 is 23.9 Å². The first-order chi connectivity index (χ1) is 11.5. The van der Waals surface area contributed by atoms with Gasteiger partial charge in [0.15, 0.2) is 0 Å². The molecule has 0 radical (unpaired) electrons. The van der Waals surface area contributed by atoms with E-state index in [0.29, 0.717) is 6.42 Å². The third-order valence-corrected chi connectivity index (χ3v) is 3.59. The summed E-state index contributed by atoms with van der Waals surface area (Å²) in [6, 6.07) is 2.14. The molecule has 0 aliphatic heterocycles. The van der Waals surface area contributed by atoms with Crippen LogP contribution in [0.4, 0.5) is 13.6 Å². The van der Waals surface area contributed by atoms with E-state index in [0.717, 1.165) is 30.1 Å². The summed E-state index contributed by atoms with van der Waals surface area (Å²) in [4.78, 5) is 24.4. The topological polar surface area (TPSA) is 67.4 Å². The number of ether oxygens (including phenoxy) is 1. The quantitative estimate of drug-likeness (QED) is 0.738. The monoisotopic (exact) mass is 374 g/mol. The minimum atomic E-state index is -0.819. The molecule has 2 amide bonds. The first-order valence-electron chi connectivity index (χ1n) is 7.88. The molecular formula is C17H24F2N2O3S. The van der Waals surface area contributed by atoms with E-state index in [1.165, 1.54) is 0 Å². The van der Waals surface area contributed by atoms with Gasteiger partial charge in [-0.2, -0.15) is 0 Å². The summed E-state index contributed by atoms with van der Waals surface area (Å²) in [6.45, 7) is 8.98. The van der Waals surface area contributed by atoms with Gasteiger partial charge in [-0.15, -0.1) is 0 Å². The molecular weight excluding hydrogens is 350 g/mol. The second kappa shape index (κ2) is 9.03. The lowest BCUT2D eigenvalue weighted by molar-refractivity contribution is -0.121. The molecule has 1 aromatic rings. The van der Waals surface area contributed by atoms with Gasteiger partial charge in [0.25, 0.3) is 5.91 Å². The van der Waals surface area contributed by atoms with Crippen molar-refractivity contribution in [1.82, 2.24) is 10.0 Å². The summed E-state index contributed by atoms with van der Waals surface area (Å²) < 4.78 is 34.0. The lowest BCUT2D eigenvalue weighted by Gasteiger charge is -2.24. The van der Waals surface area contributed by atoms with E-state index in [9.17, 15) is 18.4 Å². The highest BCUT2D eigenvalue weighted by Gasteiger charge is 2.25. The number of amides is 2. The molecule has 1 atom stereocenters. The number of halogens is 2. The van der Waals surface area contributed by atoms with E-state index in [1.54, 1.807) is 20.8 Å². The van der Waals surface area contributed by atoms with Crippen LogP contribution in [0, 0.1) is 17.6 Å². The van der Waals surface area contributed by atoms with Crippen molar-refractivity contribution in [2.24, 2.45) is 5.92 Å². The zero-order chi connectivity index (χ0) is 19.2. The second-order valence-electron chi connectivity index (χ2n) is 7.00. The van der Waals surface area contributed by atoms with Crippen LogP contribution in [0.2, 0.25) is 0 Å². The third-order valence-electron chi connectivity index (χ3n) is 2.82. The average molecular weight is 374 g/mol. The molecule has 0 spiro atoms. The van der Waals surface area contributed by atoms with Gasteiger partial charge < -0.3 is 10.1 Å². The maximum Gasteiger partial charge on any atom is 0.408 e. The number of nitrogens with one attached hydrogen (secondary N) is 2. The van der Waals surface area contributed by atoms with Gasteiger partial charge in [0.05, 0.1) is 0 Å². The zero-order valence-corrected chi connectivity index (χ0v) is 15.8. The van der Waals surface area contributed by atoms with Gasteiger partial charge >= 0.3 is 6.09 Å². The standard InChI is InChI=1S/C17H24F2N2O3S/c1-10(2)6-14(20-16(23)24-17(3,4)5)15(22)21-25-13-8-11(18)7-12(19)9-13/h7-10,14H,6H2,1-5H3,(H,20,23)(H,21,22). The van der Waals surface area contributed by atoms with Crippen molar-refractivity contribution in [1.29, 1.82) is 0 Å². The summed E-state index contributed by atoms with van der Waals surface area (Å²) in [7, 11) is 0. The number of rotatable bonds is 6. The average Bonchev–Trinajstić information content (AvgIpc) is 2.40. The number of benzene rings is 1. The van der Waals surface area contributed by atoms with Crippen molar-refractivity contribution in [2.45, 2.75) is 57.6 Å². The first kappa shape index (κ1) is 21.2. The van der Waals surface area contributed by atoms with E-state index >= 15 is 0 Å². The molecule has 0 bridgehead atoms. The summed E-state index contributed by atoms with van der Waals surface area (Å²) >= 11 is 0.781. The largest absolute Gasteiger partial charge is 0.444 e. The van der Waals surface area contributed by atoms with Crippen LogP contribution in [0.25, 0.3) is 0 Å². The molecule has 0 saturated heterocycles. The highest BCUT2D eigenvalue weighted by Crippen LogP contribution is 2.18. The van der Waals surface area contributed by atoms with E-state index in [1.807, 2.05) is 13.8 Å². The molecule has 1 rings (SSSR count). The maximum absolute atomic E-state index is 13.2. The molecule has 8 heteroatoms. The number of hydrogen-bond acceptors (Lipinski definition) is 4. The minimum absolute atomic E-state index is 0.141. The summed E-state index contributed by atoms with van der Waals surface area (Å²) in [6.07, 6.45) is -0.307. The molecule has 1 aromatic carbocycles. The van der Waals surface area contributed by atoms with Crippen LogP contribution in [0.15, 0.2) is 23.1 Å². The van der Waals surface area contributed by atoms with Crippen molar-refractivity contribution in [2.75, 3.05) is 0 Å². The van der Waals surface area contributed by atoms with Crippen LogP contribution in [0.3, 0.4) is 0 Å². The Balaban J connectivity index is 2.71. The second-order valence-corrected chi connectivity index (χ2v) is 7.88. The Hall–Kier alpha value is -1.83. The van der Waals surface area contributed by atoms with Crippen molar-refractivity contribution in [3.05, 3.63) is 29.8 Å². The van der Waals surface area contributed by atoms with E-state index in [2.05, 4.69) is 10.0 Å². The number of carbonyl (C=O) groups is 2. The summed E-state index contributed by atoms with van der Waals surface area (Å²) in [5.41, 5.74) is -0.684. The third kappa shape index (κ3) is 8.72. The number of alkyl carbamates (subject to hydrolysis) is 1. The van der Waals surface area contributed by atoms with Crippen molar-refractivity contribution < 1.29 is 23.1 Å². The van der Waals surface area contributed by atoms with Crippen molar-refractivity contribution in [3.63, 3.8) is 0 Å². The highest BCUT2D eigenvalue weighted by molar-refractivity contribution is 7.98. The normalized spacial score (nSPS) is 12.6. The Morgan fingerprint density at radius 1 is 1.16 bits per heavy atom. The highest BCUT2D eigenvalue weighted by atomic mass is 32.2. The molecule has 5 nitrogen and oxygen atoms in total. The summed E-state index contributed by atoms with van der Waals surface area (Å²) in [5, 5.41) is 2.53. The van der Waals surface area contributed by atoms with Crippen LogP contribution < -0.4 is 10.0 Å². The van der Waals surface area contributed by atoms with Crippen LogP contribution in [-0.4, -0.2) is 23.6 Å². The lowest BCUT2D eigenvalue weighted by Crippen LogP contribution is -2.47. The summed E-state index contributed by atoms with van der Waals surface area (Å²) in [5.74, 6) is -1.80. The van der Waals surface area contributed by atoms with Crippen LogP contribution in [-0.2, 0) is 9.53 Å². The molecule has 0 heterocycles. The molecule has 0 aliphatic rings. The fraction of sp³-hybridized carbons (Fsp3) is 0.529. The lowest BCUT2D eigenvalue weighted by atomic mass is 10.0. The zero-order valence-electron chi connectivity index (χ0n) is 15.0. The van der Waals surface area contributed by atoms with Crippen LogP contribution in [0.1, 0.15) is 41.0 Å². The molecule has 0 aromatic heterocycles. The molecule has 140 valence electrons. The first-order valence-corrected chi connectivity index (χ1v) is 8.70. The maximum atomic E-state index is 13.2. The van der Waals surface area contributed by atoms with Gasteiger partial charge in [0.1, 0.15) is 23.3 Å². The Kier molecular flexibility index (Phi) is 7.66. The van der Waals surface area contributed by atoms with E-state index < -0.39 is 35.3 Å². The molecule has 2 N–H and O–H groups in total. The van der Waals surface area contributed by atoms with Gasteiger partial charge in [-0.05, 0) is 57.2 Å². The van der Waals surface area contributed by atoms with E-state index in [4.69, 9.17) is 4.74 Å². The predicted molar refractivity (Wildman–Crippen MR) is 93.0 cm³/mol. The van der Waals surface area contributed by atoms with Gasteiger partial charge in [-0.3, -0.25) is 9.52 Å². The van der Waals surface area contributed by atoms with Crippen LogP contribution >= 0.6 is 11.9 Å². The number of carbonyl (C=O) groups excluding carboxylic acids is 2. The van der Waals surface area contributed by atoms with Gasteiger partial charge in [-0.1, -0.05) is 13.8 Å². The van der Waals surface area contributed by atoms with Crippen LogP contribution in [0.5, 0.6) is 0 Å². The predicted octanol–water partition coefficient (Wildman–Crippen LogP) is 4.03. The Bertz CT molecular complexity index is 598. The fourth-order valence-electron chi connectivity index (χ4n) is 1.92. The fourth-order valence-corrected chi connectivity index (χ4v) is 2.62. The van der Waals surface area contributed by atoms with Gasteiger partial charge in [0.2, 0.25) is 0 Å². The molecule has 1 unspecified atom stereocenters. The minimum Gasteiger partial charge on any atom is -0.444 e. The molecule has 0 fully saturated rings. The SMILES string of the molecule is CC(C)CC(NC(=O)OC(C)(C)C)C(=O)NSc1cc(F)cc(F)c1. The molecule has 25 heavy (non-hydrogen) atoms. The van der Waals surface area contributed by atoms with Gasteiger partial charge in [0, 0.05) is 11.0 Å². The molecule has 0 saturated carbocycles. The Morgan fingerprint density at radius 2 is 1.72 bits per heavy atom. The Labute approximate surface area is 151 Å². The molecule has 0 aliphatic carbocycles. The Morgan fingerprint density at radius 3 is 2.20 bits per heavy atom. The van der Waals surface area contributed by atoms with Crippen molar-refractivity contribution in [3.8, 4) is 0 Å².